The second-order valence-corrected chi connectivity index (χ2v) is 9.56. The number of hydrogen-bond donors (Lipinski definition) is 0. The molecule has 5 rings (SSSR count). The van der Waals surface area contributed by atoms with Crippen LogP contribution in [0.1, 0.15) is 36.0 Å². The lowest BCUT2D eigenvalue weighted by molar-refractivity contribution is -0.129. The molecule has 6 heteroatoms. The molecule has 0 bridgehead atoms. The van der Waals surface area contributed by atoms with Crippen molar-refractivity contribution >= 4 is 34.6 Å². The number of halogens is 1. The molecule has 1 saturated heterocycles. The molecule has 3 aromatic rings. The molecule has 1 amide bonds. The average molecular weight is 488 g/mol. The van der Waals surface area contributed by atoms with Gasteiger partial charge in [0.25, 0.3) is 0 Å². The Balaban J connectivity index is 1.33. The fraction of sp³-hybridized carbons (Fsp3) is 0.310. The maximum Gasteiger partial charge on any atom is 0.219 e. The van der Waals surface area contributed by atoms with E-state index in [1.807, 2.05) is 17.0 Å². The first-order chi connectivity index (χ1) is 17.0. The number of nitrogens with zero attached hydrogens (tertiary/aromatic N) is 3. The Bertz CT molecular complexity index is 1250. The number of fused-ring (bicyclic) bond motifs is 1. The summed E-state index contributed by atoms with van der Waals surface area (Å²) in [6, 6.07) is 23.3. The topological polar surface area (TPSA) is 45.1 Å². The maximum absolute atomic E-state index is 11.6. The number of ether oxygens (including phenoxy) is 1. The number of carbonyl (C=O) groups is 1. The number of anilines is 1. The van der Waals surface area contributed by atoms with Gasteiger partial charge in [-0.1, -0.05) is 48.0 Å². The van der Waals surface area contributed by atoms with Crippen LogP contribution in [-0.2, 0) is 11.2 Å². The highest BCUT2D eigenvalue weighted by Gasteiger charge is 2.28. The first kappa shape index (κ1) is 23.4. The normalized spacial score (nSPS) is 17.2. The third-order valence-electron chi connectivity index (χ3n) is 7.05. The number of aliphatic imine (C=N–C) groups is 1. The summed E-state index contributed by atoms with van der Waals surface area (Å²) in [4.78, 5) is 20.9. The molecular formula is C29H30ClN3O2. The standard InChI is InChI=1S/C29H30ClN3O2/c1-20(34)32-15-17-33(18-16-32)23-11-9-22(10-12-23)29-24-5-3-4-6-26(24)31-27(29)13-7-21-8-14-28(35-2)25(30)19-21/h3-6,8-12,14,19,29H,7,13,15-18H2,1-2H3. The van der Waals surface area contributed by atoms with E-state index in [0.29, 0.717) is 10.8 Å². The number of piperazine rings is 1. The van der Waals surface area contributed by atoms with Gasteiger partial charge < -0.3 is 14.5 Å². The summed E-state index contributed by atoms with van der Waals surface area (Å²) in [6.07, 6.45) is 1.72. The highest BCUT2D eigenvalue weighted by atomic mass is 35.5. The maximum atomic E-state index is 11.6. The highest BCUT2D eigenvalue weighted by molar-refractivity contribution is 6.32. The van der Waals surface area contributed by atoms with Crippen LogP contribution in [0.4, 0.5) is 11.4 Å². The van der Waals surface area contributed by atoms with E-state index in [4.69, 9.17) is 21.3 Å². The van der Waals surface area contributed by atoms with Crippen LogP contribution in [0.3, 0.4) is 0 Å². The molecule has 0 spiro atoms. The van der Waals surface area contributed by atoms with Crippen LogP contribution in [-0.4, -0.2) is 49.8 Å². The second-order valence-electron chi connectivity index (χ2n) is 9.15. The molecule has 1 atom stereocenters. The van der Waals surface area contributed by atoms with Gasteiger partial charge in [0.1, 0.15) is 5.75 Å². The Hall–Kier alpha value is -3.31. The van der Waals surface area contributed by atoms with Crippen molar-refractivity contribution < 1.29 is 9.53 Å². The number of rotatable bonds is 6. The molecular weight excluding hydrogens is 458 g/mol. The minimum atomic E-state index is 0.156. The van der Waals surface area contributed by atoms with E-state index in [2.05, 4.69) is 59.5 Å². The molecule has 2 aliphatic rings. The molecule has 5 nitrogen and oxygen atoms in total. The fourth-order valence-electron chi connectivity index (χ4n) is 5.10. The summed E-state index contributed by atoms with van der Waals surface area (Å²) in [5, 5.41) is 0.637. The molecule has 0 N–H and O–H groups in total. The highest BCUT2D eigenvalue weighted by Crippen LogP contribution is 2.41. The van der Waals surface area contributed by atoms with Crippen molar-refractivity contribution in [1.29, 1.82) is 0 Å². The number of methoxy groups -OCH3 is 1. The van der Waals surface area contributed by atoms with Gasteiger partial charge in [0.15, 0.2) is 0 Å². The second kappa shape index (κ2) is 10.1. The van der Waals surface area contributed by atoms with Crippen LogP contribution in [0.5, 0.6) is 5.75 Å². The minimum absolute atomic E-state index is 0.156. The Morgan fingerprint density at radius 3 is 2.43 bits per heavy atom. The zero-order chi connectivity index (χ0) is 24.4. The van der Waals surface area contributed by atoms with Crippen molar-refractivity contribution in [3.63, 3.8) is 0 Å². The molecule has 3 aromatic carbocycles. The summed E-state index contributed by atoms with van der Waals surface area (Å²) in [5.74, 6) is 1.01. The largest absolute Gasteiger partial charge is 0.495 e. The number of amides is 1. The predicted octanol–water partition coefficient (Wildman–Crippen LogP) is 5.87. The van der Waals surface area contributed by atoms with Crippen molar-refractivity contribution in [2.45, 2.75) is 25.7 Å². The van der Waals surface area contributed by atoms with Crippen LogP contribution in [0.15, 0.2) is 71.7 Å². The zero-order valence-electron chi connectivity index (χ0n) is 20.2. The van der Waals surface area contributed by atoms with Gasteiger partial charge in [-0.05, 0) is 59.9 Å². The molecule has 35 heavy (non-hydrogen) atoms. The van der Waals surface area contributed by atoms with Gasteiger partial charge in [-0.3, -0.25) is 9.79 Å². The van der Waals surface area contributed by atoms with Crippen LogP contribution >= 0.6 is 11.6 Å². The van der Waals surface area contributed by atoms with Crippen molar-refractivity contribution in [2.75, 3.05) is 38.2 Å². The quantitative estimate of drug-likeness (QED) is 0.437. The van der Waals surface area contributed by atoms with Crippen LogP contribution in [0.2, 0.25) is 5.02 Å². The van der Waals surface area contributed by atoms with Gasteiger partial charge in [0.05, 0.1) is 17.8 Å². The van der Waals surface area contributed by atoms with Gasteiger partial charge >= 0.3 is 0 Å². The average Bonchev–Trinajstić information content (AvgIpc) is 3.26. The van der Waals surface area contributed by atoms with E-state index in [1.54, 1.807) is 14.0 Å². The van der Waals surface area contributed by atoms with Crippen LogP contribution in [0, 0.1) is 0 Å². The molecule has 0 radical (unpaired) electrons. The molecule has 0 aliphatic carbocycles. The minimum Gasteiger partial charge on any atom is -0.495 e. The molecule has 2 aliphatic heterocycles. The number of benzene rings is 3. The lowest BCUT2D eigenvalue weighted by Gasteiger charge is -2.35. The molecule has 1 unspecified atom stereocenters. The van der Waals surface area contributed by atoms with Crippen molar-refractivity contribution in [1.82, 2.24) is 4.90 Å². The Morgan fingerprint density at radius 2 is 1.74 bits per heavy atom. The van der Waals surface area contributed by atoms with E-state index in [1.165, 1.54) is 28.1 Å². The van der Waals surface area contributed by atoms with E-state index >= 15 is 0 Å². The summed E-state index contributed by atoms with van der Waals surface area (Å²) in [7, 11) is 1.63. The van der Waals surface area contributed by atoms with Gasteiger partial charge in [-0.25, -0.2) is 0 Å². The summed E-state index contributed by atoms with van der Waals surface area (Å²) >= 11 is 6.35. The Kier molecular flexibility index (Phi) is 6.78. The monoisotopic (exact) mass is 487 g/mol. The zero-order valence-corrected chi connectivity index (χ0v) is 21.0. The molecule has 2 heterocycles. The van der Waals surface area contributed by atoms with Crippen molar-refractivity contribution in [2.24, 2.45) is 4.99 Å². The van der Waals surface area contributed by atoms with Gasteiger partial charge in [-0.2, -0.15) is 0 Å². The summed E-state index contributed by atoms with van der Waals surface area (Å²) < 4.78 is 5.29. The SMILES string of the molecule is COc1ccc(CCC2=Nc3ccccc3C2c2ccc(N3CCN(C(C)=O)CC3)cc2)cc1Cl. The lowest BCUT2D eigenvalue weighted by atomic mass is 9.86. The van der Waals surface area contributed by atoms with Gasteiger partial charge in [0.2, 0.25) is 5.91 Å². The van der Waals surface area contributed by atoms with Crippen molar-refractivity contribution in [3.8, 4) is 5.75 Å². The van der Waals surface area contributed by atoms with E-state index in [0.717, 1.165) is 44.7 Å². The lowest BCUT2D eigenvalue weighted by Crippen LogP contribution is -2.48. The van der Waals surface area contributed by atoms with Gasteiger partial charge in [0, 0.05) is 50.4 Å². The number of carbonyl (C=O) groups excluding carboxylic acids is 1. The molecule has 1 fully saturated rings. The predicted molar refractivity (Wildman–Crippen MR) is 143 cm³/mol. The first-order valence-electron chi connectivity index (χ1n) is 12.1. The smallest absolute Gasteiger partial charge is 0.219 e. The fourth-order valence-corrected chi connectivity index (χ4v) is 5.38. The van der Waals surface area contributed by atoms with Gasteiger partial charge in [-0.15, -0.1) is 0 Å². The van der Waals surface area contributed by atoms with E-state index in [-0.39, 0.29) is 11.8 Å². The van der Waals surface area contributed by atoms with E-state index in [9.17, 15) is 4.79 Å². The molecule has 0 saturated carbocycles. The number of hydrogen-bond acceptors (Lipinski definition) is 4. The Morgan fingerprint density at radius 1 is 1.00 bits per heavy atom. The number of aryl methyl sites for hydroxylation is 1. The molecule has 0 aromatic heterocycles. The number of para-hydroxylation sites is 1. The Labute approximate surface area is 212 Å². The third kappa shape index (κ3) is 4.92. The summed E-state index contributed by atoms with van der Waals surface area (Å²) in [5.41, 5.74) is 7.14. The molecule has 180 valence electrons. The van der Waals surface area contributed by atoms with Crippen LogP contribution in [0.25, 0.3) is 0 Å². The summed E-state index contributed by atoms with van der Waals surface area (Å²) in [6.45, 7) is 4.93. The van der Waals surface area contributed by atoms with Crippen LogP contribution < -0.4 is 9.64 Å². The first-order valence-corrected chi connectivity index (χ1v) is 12.5. The third-order valence-corrected chi connectivity index (χ3v) is 7.34. The van der Waals surface area contributed by atoms with E-state index < -0.39 is 0 Å². The van der Waals surface area contributed by atoms with Crippen molar-refractivity contribution in [3.05, 3.63) is 88.4 Å².